The zero-order valence-electron chi connectivity index (χ0n) is 11.4. The van der Waals surface area contributed by atoms with Crippen molar-refractivity contribution in [2.75, 3.05) is 26.9 Å². The Bertz CT molecular complexity index is 504. The van der Waals surface area contributed by atoms with Crippen LogP contribution in [0.4, 0.5) is 0 Å². The van der Waals surface area contributed by atoms with Gasteiger partial charge in [0, 0.05) is 13.1 Å². The standard InChI is InChI=1S/C14H18N2O4/c1-19-14(18)11-5-3-2-4-10(11)8-16-6-7-20-9-12(16)13(15)17/h2-5,12H,6-9H2,1H3,(H2,15,17). The van der Waals surface area contributed by atoms with Gasteiger partial charge >= 0.3 is 5.97 Å². The first kappa shape index (κ1) is 14.5. The molecule has 1 aromatic rings. The van der Waals surface area contributed by atoms with E-state index in [4.69, 9.17) is 15.2 Å². The molecule has 1 aliphatic heterocycles. The van der Waals surface area contributed by atoms with Crippen LogP contribution >= 0.6 is 0 Å². The largest absolute Gasteiger partial charge is 0.465 e. The van der Waals surface area contributed by atoms with Gasteiger partial charge in [0.2, 0.25) is 5.91 Å². The van der Waals surface area contributed by atoms with Gasteiger partial charge in [0.1, 0.15) is 6.04 Å². The predicted molar refractivity (Wildman–Crippen MR) is 72.0 cm³/mol. The minimum Gasteiger partial charge on any atom is -0.465 e. The van der Waals surface area contributed by atoms with Crippen molar-refractivity contribution in [2.24, 2.45) is 5.73 Å². The Kier molecular flexibility index (Phi) is 4.70. The summed E-state index contributed by atoms with van der Waals surface area (Å²) in [7, 11) is 1.35. The molecular weight excluding hydrogens is 260 g/mol. The van der Waals surface area contributed by atoms with Gasteiger partial charge < -0.3 is 15.2 Å². The zero-order valence-corrected chi connectivity index (χ0v) is 11.4. The minimum atomic E-state index is -0.463. The molecule has 0 aromatic heterocycles. The highest BCUT2D eigenvalue weighted by Gasteiger charge is 2.28. The van der Waals surface area contributed by atoms with Crippen molar-refractivity contribution in [1.29, 1.82) is 0 Å². The summed E-state index contributed by atoms with van der Waals surface area (Å²) in [6.07, 6.45) is 0. The zero-order chi connectivity index (χ0) is 14.5. The highest BCUT2D eigenvalue weighted by molar-refractivity contribution is 5.91. The number of carbonyl (C=O) groups excluding carboxylic acids is 2. The number of nitrogens with two attached hydrogens (primary N) is 1. The minimum absolute atomic E-state index is 0.287. The number of rotatable bonds is 4. The molecule has 2 N–H and O–H groups in total. The number of benzene rings is 1. The van der Waals surface area contributed by atoms with E-state index in [0.717, 1.165) is 5.56 Å². The molecule has 0 radical (unpaired) electrons. The average Bonchev–Trinajstić information content (AvgIpc) is 2.47. The second-order valence-electron chi connectivity index (χ2n) is 4.61. The van der Waals surface area contributed by atoms with E-state index in [9.17, 15) is 9.59 Å². The van der Waals surface area contributed by atoms with Crippen LogP contribution < -0.4 is 5.73 Å². The Morgan fingerprint density at radius 2 is 2.20 bits per heavy atom. The van der Waals surface area contributed by atoms with Crippen LogP contribution in [-0.2, 0) is 20.8 Å². The maximum absolute atomic E-state index is 11.7. The first-order valence-electron chi connectivity index (χ1n) is 6.41. The van der Waals surface area contributed by atoms with Crippen molar-refractivity contribution in [3.63, 3.8) is 0 Å². The lowest BCUT2D eigenvalue weighted by atomic mass is 10.1. The number of esters is 1. The second kappa shape index (κ2) is 6.49. The Balaban J connectivity index is 2.20. The van der Waals surface area contributed by atoms with E-state index in [1.54, 1.807) is 12.1 Å². The van der Waals surface area contributed by atoms with Crippen molar-refractivity contribution in [2.45, 2.75) is 12.6 Å². The van der Waals surface area contributed by atoms with E-state index in [0.29, 0.717) is 25.3 Å². The fourth-order valence-electron chi connectivity index (χ4n) is 2.28. The normalized spacial score (nSPS) is 19.6. The average molecular weight is 278 g/mol. The smallest absolute Gasteiger partial charge is 0.338 e. The van der Waals surface area contributed by atoms with Gasteiger partial charge in [0.05, 0.1) is 25.9 Å². The maximum Gasteiger partial charge on any atom is 0.338 e. The second-order valence-corrected chi connectivity index (χ2v) is 4.61. The Labute approximate surface area is 117 Å². The quantitative estimate of drug-likeness (QED) is 0.793. The number of methoxy groups -OCH3 is 1. The van der Waals surface area contributed by atoms with Gasteiger partial charge in [0.25, 0.3) is 0 Å². The SMILES string of the molecule is COC(=O)c1ccccc1CN1CCOCC1C(N)=O. The topological polar surface area (TPSA) is 81.9 Å². The molecule has 1 aliphatic rings. The molecule has 108 valence electrons. The van der Waals surface area contributed by atoms with Gasteiger partial charge in [-0.15, -0.1) is 0 Å². The van der Waals surface area contributed by atoms with Crippen molar-refractivity contribution in [1.82, 2.24) is 4.90 Å². The van der Waals surface area contributed by atoms with Gasteiger partial charge in [-0.05, 0) is 11.6 Å². The van der Waals surface area contributed by atoms with Gasteiger partial charge in [-0.3, -0.25) is 9.69 Å². The summed E-state index contributed by atoms with van der Waals surface area (Å²) < 4.78 is 10.0. The third-order valence-electron chi connectivity index (χ3n) is 3.36. The molecule has 0 spiro atoms. The van der Waals surface area contributed by atoms with Crippen LogP contribution in [0.25, 0.3) is 0 Å². The maximum atomic E-state index is 11.7. The van der Waals surface area contributed by atoms with E-state index >= 15 is 0 Å². The van der Waals surface area contributed by atoms with E-state index in [2.05, 4.69) is 0 Å². The molecule has 1 heterocycles. The fraction of sp³-hybridized carbons (Fsp3) is 0.429. The van der Waals surface area contributed by atoms with Crippen LogP contribution in [0.3, 0.4) is 0 Å². The molecule has 0 aliphatic carbocycles. The molecule has 1 saturated heterocycles. The van der Waals surface area contributed by atoms with Gasteiger partial charge in [-0.25, -0.2) is 4.79 Å². The summed E-state index contributed by atoms with van der Waals surface area (Å²) in [4.78, 5) is 25.1. The molecule has 2 rings (SSSR count). The van der Waals surface area contributed by atoms with E-state index in [1.165, 1.54) is 7.11 Å². The van der Waals surface area contributed by atoms with Gasteiger partial charge in [0.15, 0.2) is 0 Å². The van der Waals surface area contributed by atoms with Crippen LogP contribution in [0.5, 0.6) is 0 Å². The summed E-state index contributed by atoms with van der Waals surface area (Å²) >= 11 is 0. The number of ether oxygens (including phenoxy) is 2. The summed E-state index contributed by atoms with van der Waals surface area (Å²) in [5, 5.41) is 0. The molecule has 6 nitrogen and oxygen atoms in total. The van der Waals surface area contributed by atoms with Crippen molar-refractivity contribution in [3.05, 3.63) is 35.4 Å². The number of hydrogen-bond acceptors (Lipinski definition) is 5. The number of hydrogen-bond donors (Lipinski definition) is 1. The molecule has 0 saturated carbocycles. The Hall–Kier alpha value is -1.92. The molecule has 20 heavy (non-hydrogen) atoms. The van der Waals surface area contributed by atoms with Gasteiger partial charge in [-0.1, -0.05) is 18.2 Å². The van der Waals surface area contributed by atoms with Crippen LogP contribution in [-0.4, -0.2) is 49.7 Å². The predicted octanol–water partition coefficient (Wildman–Crippen LogP) is 0.159. The number of carbonyl (C=O) groups is 2. The van der Waals surface area contributed by atoms with E-state index in [-0.39, 0.29) is 12.6 Å². The molecule has 1 unspecified atom stereocenters. The molecule has 1 fully saturated rings. The summed E-state index contributed by atoms with van der Waals surface area (Å²) in [6, 6.07) is 6.72. The Morgan fingerprint density at radius 3 is 2.90 bits per heavy atom. The summed E-state index contributed by atoms with van der Waals surface area (Å²) in [5.41, 5.74) is 6.70. The first-order chi connectivity index (χ1) is 9.63. The highest BCUT2D eigenvalue weighted by atomic mass is 16.5. The highest BCUT2D eigenvalue weighted by Crippen LogP contribution is 2.16. The summed E-state index contributed by atoms with van der Waals surface area (Å²) in [5.74, 6) is -0.801. The lowest BCUT2D eigenvalue weighted by Crippen LogP contribution is -2.51. The third-order valence-corrected chi connectivity index (χ3v) is 3.36. The van der Waals surface area contributed by atoms with Crippen LogP contribution in [0.2, 0.25) is 0 Å². The molecule has 6 heteroatoms. The molecular formula is C14H18N2O4. The molecule has 1 aromatic carbocycles. The monoisotopic (exact) mass is 278 g/mol. The van der Waals surface area contributed by atoms with Crippen LogP contribution in [0.1, 0.15) is 15.9 Å². The summed E-state index contributed by atoms with van der Waals surface area (Å²) in [6.45, 7) is 1.89. The van der Waals surface area contributed by atoms with Crippen molar-refractivity contribution in [3.8, 4) is 0 Å². The lowest BCUT2D eigenvalue weighted by Gasteiger charge is -2.33. The van der Waals surface area contributed by atoms with E-state index in [1.807, 2.05) is 17.0 Å². The van der Waals surface area contributed by atoms with Crippen LogP contribution in [0, 0.1) is 0 Å². The number of primary amides is 1. The number of amides is 1. The third kappa shape index (κ3) is 3.15. The Morgan fingerprint density at radius 1 is 1.45 bits per heavy atom. The van der Waals surface area contributed by atoms with E-state index < -0.39 is 11.9 Å². The lowest BCUT2D eigenvalue weighted by molar-refractivity contribution is -0.129. The molecule has 0 bridgehead atoms. The van der Waals surface area contributed by atoms with Crippen molar-refractivity contribution >= 4 is 11.9 Å². The molecule has 1 amide bonds. The first-order valence-corrected chi connectivity index (χ1v) is 6.41. The number of morpholine rings is 1. The number of nitrogens with zero attached hydrogens (tertiary/aromatic N) is 1. The van der Waals surface area contributed by atoms with Crippen molar-refractivity contribution < 1.29 is 19.1 Å². The van der Waals surface area contributed by atoms with Gasteiger partial charge in [-0.2, -0.15) is 0 Å². The molecule has 1 atom stereocenters. The van der Waals surface area contributed by atoms with Crippen LogP contribution in [0.15, 0.2) is 24.3 Å². The fourth-order valence-corrected chi connectivity index (χ4v) is 2.28.